The molecule has 0 saturated carbocycles. The van der Waals surface area contributed by atoms with Crippen molar-refractivity contribution in [2.24, 2.45) is 0 Å². The van der Waals surface area contributed by atoms with Crippen LogP contribution in [0, 0.1) is 0 Å². The summed E-state index contributed by atoms with van der Waals surface area (Å²) < 4.78 is 5.49. The van der Waals surface area contributed by atoms with Crippen LogP contribution in [0.4, 0.5) is 5.69 Å². The van der Waals surface area contributed by atoms with E-state index in [4.69, 9.17) is 4.74 Å². The summed E-state index contributed by atoms with van der Waals surface area (Å²) in [6.07, 6.45) is 2.62. The standard InChI is InChI=1S/C15H21NO2S/c1-11(2)19-14-8-4-3-7-13(14)16-15(17)10-12-6-5-9-18-12/h3-4,7-8,11-12H,5-6,9-10H2,1-2H3,(H,16,17)/t12-/m1/s1. The van der Waals surface area contributed by atoms with Crippen molar-refractivity contribution in [2.45, 2.75) is 49.4 Å². The minimum Gasteiger partial charge on any atom is -0.378 e. The summed E-state index contributed by atoms with van der Waals surface area (Å²) in [5.74, 6) is 0.0451. The zero-order valence-electron chi connectivity index (χ0n) is 11.5. The van der Waals surface area contributed by atoms with Gasteiger partial charge in [-0.1, -0.05) is 26.0 Å². The minimum atomic E-state index is 0.0451. The number of anilines is 1. The average Bonchev–Trinajstić information content (AvgIpc) is 2.83. The number of ether oxygens (including phenoxy) is 1. The fraction of sp³-hybridized carbons (Fsp3) is 0.533. The molecule has 1 saturated heterocycles. The van der Waals surface area contributed by atoms with E-state index in [0.29, 0.717) is 11.7 Å². The first-order chi connectivity index (χ1) is 9.15. The lowest BCUT2D eigenvalue weighted by molar-refractivity contribution is -0.118. The molecule has 1 aliphatic rings. The van der Waals surface area contributed by atoms with Crippen LogP contribution < -0.4 is 5.32 Å². The lowest BCUT2D eigenvalue weighted by Crippen LogP contribution is -2.19. The molecule has 1 aromatic rings. The Morgan fingerprint density at radius 3 is 2.95 bits per heavy atom. The van der Waals surface area contributed by atoms with E-state index in [2.05, 4.69) is 19.2 Å². The van der Waals surface area contributed by atoms with E-state index in [1.807, 2.05) is 24.3 Å². The fourth-order valence-electron chi connectivity index (χ4n) is 2.14. The largest absolute Gasteiger partial charge is 0.378 e. The molecular weight excluding hydrogens is 258 g/mol. The number of amides is 1. The average molecular weight is 279 g/mol. The first-order valence-corrected chi connectivity index (χ1v) is 7.70. The summed E-state index contributed by atoms with van der Waals surface area (Å²) in [4.78, 5) is 13.1. The Morgan fingerprint density at radius 1 is 1.47 bits per heavy atom. The summed E-state index contributed by atoms with van der Waals surface area (Å²) in [6.45, 7) is 5.09. The second kappa shape index (κ2) is 6.96. The molecule has 1 heterocycles. The second-order valence-electron chi connectivity index (χ2n) is 5.05. The van der Waals surface area contributed by atoms with Crippen molar-refractivity contribution in [3.63, 3.8) is 0 Å². The highest BCUT2D eigenvalue weighted by Gasteiger charge is 2.19. The van der Waals surface area contributed by atoms with Gasteiger partial charge in [-0.25, -0.2) is 0 Å². The zero-order chi connectivity index (χ0) is 13.7. The molecule has 19 heavy (non-hydrogen) atoms. The Balaban J connectivity index is 1.95. The fourth-order valence-corrected chi connectivity index (χ4v) is 3.05. The molecular formula is C15H21NO2S. The van der Waals surface area contributed by atoms with E-state index in [9.17, 15) is 4.79 Å². The first kappa shape index (κ1) is 14.4. The number of thioether (sulfide) groups is 1. The Kier molecular flexibility index (Phi) is 5.28. The monoisotopic (exact) mass is 279 g/mol. The molecule has 104 valence electrons. The minimum absolute atomic E-state index is 0.0451. The van der Waals surface area contributed by atoms with E-state index < -0.39 is 0 Å². The van der Waals surface area contributed by atoms with Gasteiger partial charge in [-0.05, 0) is 25.0 Å². The molecule has 0 spiro atoms. The number of para-hydroxylation sites is 1. The number of carbonyl (C=O) groups is 1. The highest BCUT2D eigenvalue weighted by molar-refractivity contribution is 8.00. The van der Waals surface area contributed by atoms with Crippen molar-refractivity contribution >= 4 is 23.4 Å². The Bertz CT molecular complexity index is 428. The van der Waals surface area contributed by atoms with Gasteiger partial charge in [0.15, 0.2) is 0 Å². The normalized spacial score (nSPS) is 18.8. The van der Waals surface area contributed by atoms with E-state index in [1.54, 1.807) is 11.8 Å². The van der Waals surface area contributed by atoms with Crippen molar-refractivity contribution in [3.8, 4) is 0 Å². The van der Waals surface area contributed by atoms with Crippen molar-refractivity contribution in [2.75, 3.05) is 11.9 Å². The third-order valence-electron chi connectivity index (χ3n) is 2.96. The number of hydrogen-bond acceptors (Lipinski definition) is 3. The smallest absolute Gasteiger partial charge is 0.227 e. The Morgan fingerprint density at radius 2 is 2.26 bits per heavy atom. The molecule has 3 nitrogen and oxygen atoms in total. The van der Waals surface area contributed by atoms with Gasteiger partial charge in [-0.15, -0.1) is 11.8 Å². The molecule has 1 atom stereocenters. The zero-order valence-corrected chi connectivity index (χ0v) is 12.3. The molecule has 1 aromatic carbocycles. The maximum Gasteiger partial charge on any atom is 0.227 e. The molecule has 1 N–H and O–H groups in total. The predicted molar refractivity (Wildman–Crippen MR) is 79.7 cm³/mol. The number of benzene rings is 1. The van der Waals surface area contributed by atoms with Gasteiger partial charge in [0.25, 0.3) is 0 Å². The van der Waals surface area contributed by atoms with Crippen molar-refractivity contribution in [3.05, 3.63) is 24.3 Å². The number of carbonyl (C=O) groups excluding carboxylic acids is 1. The lowest BCUT2D eigenvalue weighted by Gasteiger charge is -2.14. The molecule has 4 heteroatoms. The first-order valence-electron chi connectivity index (χ1n) is 6.82. The van der Waals surface area contributed by atoms with Crippen LogP contribution in [0.3, 0.4) is 0 Å². The third kappa shape index (κ3) is 4.55. The van der Waals surface area contributed by atoms with Gasteiger partial charge in [-0.3, -0.25) is 4.79 Å². The summed E-state index contributed by atoms with van der Waals surface area (Å²) in [5, 5.41) is 3.50. The molecule has 0 aliphatic carbocycles. The highest BCUT2D eigenvalue weighted by Crippen LogP contribution is 2.30. The van der Waals surface area contributed by atoms with Crippen LogP contribution in [0.25, 0.3) is 0 Å². The van der Waals surface area contributed by atoms with Crippen molar-refractivity contribution in [1.82, 2.24) is 0 Å². The highest BCUT2D eigenvalue weighted by atomic mass is 32.2. The van der Waals surface area contributed by atoms with Crippen LogP contribution in [0.2, 0.25) is 0 Å². The van der Waals surface area contributed by atoms with Gasteiger partial charge < -0.3 is 10.1 Å². The van der Waals surface area contributed by atoms with Gasteiger partial charge in [0.1, 0.15) is 0 Å². The van der Waals surface area contributed by atoms with E-state index in [0.717, 1.165) is 30.0 Å². The molecule has 1 fully saturated rings. The Hall–Kier alpha value is -1.00. The van der Waals surface area contributed by atoms with Gasteiger partial charge >= 0.3 is 0 Å². The summed E-state index contributed by atoms with van der Waals surface area (Å²) in [5.41, 5.74) is 0.907. The van der Waals surface area contributed by atoms with Crippen LogP contribution in [0.5, 0.6) is 0 Å². The molecule has 0 radical (unpaired) electrons. The molecule has 0 bridgehead atoms. The number of nitrogens with one attached hydrogen (secondary N) is 1. The quantitative estimate of drug-likeness (QED) is 0.835. The van der Waals surface area contributed by atoms with Crippen LogP contribution in [0.15, 0.2) is 29.2 Å². The molecule has 2 rings (SSSR count). The summed E-state index contributed by atoms with van der Waals surface area (Å²) in [7, 11) is 0. The number of rotatable bonds is 5. The van der Waals surface area contributed by atoms with Gasteiger partial charge in [0, 0.05) is 16.8 Å². The molecule has 1 amide bonds. The van der Waals surface area contributed by atoms with E-state index in [1.165, 1.54) is 0 Å². The van der Waals surface area contributed by atoms with E-state index in [-0.39, 0.29) is 12.0 Å². The topological polar surface area (TPSA) is 38.3 Å². The van der Waals surface area contributed by atoms with E-state index >= 15 is 0 Å². The van der Waals surface area contributed by atoms with Crippen molar-refractivity contribution in [1.29, 1.82) is 0 Å². The van der Waals surface area contributed by atoms with Gasteiger partial charge in [-0.2, -0.15) is 0 Å². The Labute approximate surface area is 119 Å². The van der Waals surface area contributed by atoms with Crippen LogP contribution >= 0.6 is 11.8 Å². The molecule has 0 aromatic heterocycles. The lowest BCUT2D eigenvalue weighted by atomic mass is 10.2. The van der Waals surface area contributed by atoms with Crippen molar-refractivity contribution < 1.29 is 9.53 Å². The third-order valence-corrected chi connectivity index (χ3v) is 4.04. The SMILES string of the molecule is CC(C)Sc1ccccc1NC(=O)C[C@H]1CCCO1. The van der Waals surface area contributed by atoms with Crippen LogP contribution in [0.1, 0.15) is 33.1 Å². The van der Waals surface area contributed by atoms with Crippen LogP contribution in [-0.2, 0) is 9.53 Å². The summed E-state index contributed by atoms with van der Waals surface area (Å²) in [6, 6.07) is 7.96. The number of hydrogen-bond donors (Lipinski definition) is 1. The van der Waals surface area contributed by atoms with Gasteiger partial charge in [0.2, 0.25) is 5.91 Å². The maximum absolute atomic E-state index is 12.0. The summed E-state index contributed by atoms with van der Waals surface area (Å²) >= 11 is 1.76. The maximum atomic E-state index is 12.0. The second-order valence-corrected chi connectivity index (χ2v) is 6.67. The van der Waals surface area contributed by atoms with Crippen LogP contribution in [-0.4, -0.2) is 23.9 Å². The predicted octanol–water partition coefficient (Wildman–Crippen LogP) is 3.69. The molecule has 0 unspecified atom stereocenters. The molecule has 1 aliphatic heterocycles. The van der Waals surface area contributed by atoms with Gasteiger partial charge in [0.05, 0.1) is 18.2 Å².